The van der Waals surface area contributed by atoms with Crippen LogP contribution in [-0.4, -0.2) is 0 Å². The third-order valence-corrected chi connectivity index (χ3v) is 4.57. The second kappa shape index (κ2) is 5.27. The molecule has 2 unspecified atom stereocenters. The molecule has 2 atom stereocenters. The highest BCUT2D eigenvalue weighted by Crippen LogP contribution is 2.61. The Morgan fingerprint density at radius 1 is 1.10 bits per heavy atom. The van der Waals surface area contributed by atoms with E-state index in [0.29, 0.717) is 0 Å². The van der Waals surface area contributed by atoms with Gasteiger partial charge >= 0.3 is 0 Å². The molecule has 0 aromatic heterocycles. The van der Waals surface area contributed by atoms with Gasteiger partial charge in [-0.1, -0.05) is 25.4 Å². The molecule has 2 rings (SSSR count). The molecule has 0 heterocycles. The molecule has 1 aliphatic carbocycles. The molecule has 1 aromatic rings. The summed E-state index contributed by atoms with van der Waals surface area (Å²) < 4.78 is 67.5. The van der Waals surface area contributed by atoms with Gasteiger partial charge in [-0.2, -0.15) is 4.39 Å². The number of halogens is 6. The van der Waals surface area contributed by atoms with Crippen molar-refractivity contribution in [2.24, 2.45) is 17.3 Å². The van der Waals surface area contributed by atoms with E-state index in [2.05, 4.69) is 0 Å². The van der Waals surface area contributed by atoms with Crippen molar-refractivity contribution in [1.29, 1.82) is 0 Å². The largest absolute Gasteiger partial charge is 0.203 e. The van der Waals surface area contributed by atoms with Gasteiger partial charge in [0, 0.05) is 11.1 Å². The Bertz CT molecular complexity index is 588. The van der Waals surface area contributed by atoms with E-state index in [-0.39, 0.29) is 18.3 Å². The van der Waals surface area contributed by atoms with Gasteiger partial charge in [0.05, 0.1) is 0 Å². The molecule has 1 aliphatic rings. The van der Waals surface area contributed by atoms with Gasteiger partial charge in [-0.25, -0.2) is 17.6 Å². The first-order chi connectivity index (χ1) is 9.59. The summed E-state index contributed by atoms with van der Waals surface area (Å²) in [6.07, 6.45) is 0.938. The lowest BCUT2D eigenvalue weighted by Gasteiger charge is -2.10. The van der Waals surface area contributed by atoms with Crippen LogP contribution in [0.4, 0.5) is 22.0 Å². The summed E-state index contributed by atoms with van der Waals surface area (Å²) in [4.78, 5) is 0. The smallest absolute Gasteiger partial charge is 0.185 e. The van der Waals surface area contributed by atoms with E-state index in [4.69, 9.17) is 11.6 Å². The fourth-order valence-electron chi connectivity index (χ4n) is 2.83. The van der Waals surface area contributed by atoms with Crippen LogP contribution in [0.15, 0.2) is 11.4 Å². The Labute approximate surface area is 124 Å². The number of rotatable bonds is 3. The van der Waals surface area contributed by atoms with Crippen LogP contribution in [-0.2, 0) is 6.42 Å². The lowest BCUT2D eigenvalue weighted by molar-refractivity contribution is 0.422. The average Bonchev–Trinajstić information content (AvgIpc) is 2.89. The molecule has 116 valence electrons. The predicted octanol–water partition coefficient (Wildman–Crippen LogP) is 5.42. The van der Waals surface area contributed by atoms with Crippen molar-refractivity contribution in [2.75, 3.05) is 0 Å². The molecule has 21 heavy (non-hydrogen) atoms. The summed E-state index contributed by atoms with van der Waals surface area (Å²) in [5.41, 5.74) is -1.77. The maximum atomic E-state index is 13.8. The van der Waals surface area contributed by atoms with E-state index in [9.17, 15) is 22.0 Å². The second-order valence-corrected chi connectivity index (χ2v) is 6.33. The Morgan fingerprint density at radius 3 is 2.00 bits per heavy atom. The van der Waals surface area contributed by atoms with Crippen LogP contribution >= 0.6 is 11.6 Å². The molecular weight excluding hydrogens is 311 g/mol. The molecule has 1 saturated carbocycles. The highest BCUT2D eigenvalue weighted by atomic mass is 35.5. The van der Waals surface area contributed by atoms with Gasteiger partial charge in [0.1, 0.15) is 0 Å². The normalized spacial score (nSPS) is 24.3. The molecule has 0 radical (unpaired) electrons. The Morgan fingerprint density at radius 2 is 1.57 bits per heavy atom. The summed E-state index contributed by atoms with van der Waals surface area (Å²) in [5.74, 6) is -6.23. The molecule has 1 fully saturated rings. The first kappa shape index (κ1) is 16.3. The quantitative estimate of drug-likeness (QED) is 0.514. The van der Waals surface area contributed by atoms with E-state index in [1.165, 1.54) is 0 Å². The summed E-state index contributed by atoms with van der Waals surface area (Å²) >= 11 is 5.17. The second-order valence-electron chi connectivity index (χ2n) is 5.97. The Balaban J connectivity index is 2.36. The third-order valence-electron chi connectivity index (χ3n) is 4.44. The highest BCUT2D eigenvalue weighted by molar-refractivity contribution is 6.28. The molecule has 0 N–H and O–H groups in total. The summed E-state index contributed by atoms with van der Waals surface area (Å²) in [6.45, 7) is 4.51. The van der Waals surface area contributed by atoms with Crippen molar-refractivity contribution in [3.8, 4) is 0 Å². The molecule has 0 aliphatic heterocycles. The fraction of sp³-hybridized carbons (Fsp3) is 0.467. The lowest BCUT2D eigenvalue weighted by Crippen LogP contribution is -2.08. The van der Waals surface area contributed by atoms with E-state index < -0.39 is 45.1 Å². The number of allylic oxidation sites excluding steroid dienone is 1. The monoisotopic (exact) mass is 324 g/mol. The van der Waals surface area contributed by atoms with Crippen LogP contribution in [0.25, 0.3) is 0 Å². The molecule has 0 amide bonds. The maximum Gasteiger partial charge on any atom is 0.185 e. The highest BCUT2D eigenvalue weighted by Gasteiger charge is 2.56. The van der Waals surface area contributed by atoms with Gasteiger partial charge < -0.3 is 0 Å². The van der Waals surface area contributed by atoms with E-state index in [1.807, 2.05) is 0 Å². The molecule has 0 spiro atoms. The van der Waals surface area contributed by atoms with Crippen molar-refractivity contribution in [1.82, 2.24) is 0 Å². The zero-order chi connectivity index (χ0) is 16.1. The van der Waals surface area contributed by atoms with Gasteiger partial charge in [0.2, 0.25) is 0 Å². The van der Waals surface area contributed by atoms with Crippen molar-refractivity contribution in [3.63, 3.8) is 0 Å². The van der Waals surface area contributed by atoms with Gasteiger partial charge in [-0.15, -0.1) is 0 Å². The molecule has 6 heteroatoms. The van der Waals surface area contributed by atoms with Crippen LogP contribution in [0.2, 0.25) is 0 Å². The van der Waals surface area contributed by atoms with E-state index >= 15 is 0 Å². The molecule has 0 bridgehead atoms. The SMILES string of the molecule is Cc1c(F)c(F)c(CC2C(C=C(F)Cl)C2(C)C)c(F)c1F. The Kier molecular flexibility index (Phi) is 4.08. The zero-order valence-corrected chi connectivity index (χ0v) is 12.5. The minimum Gasteiger partial charge on any atom is -0.203 e. The van der Waals surface area contributed by atoms with Gasteiger partial charge in [-0.3, -0.25) is 0 Å². The summed E-state index contributed by atoms with van der Waals surface area (Å²) in [7, 11) is 0. The van der Waals surface area contributed by atoms with Crippen molar-refractivity contribution >= 4 is 11.6 Å². The zero-order valence-electron chi connectivity index (χ0n) is 11.7. The van der Waals surface area contributed by atoms with Crippen LogP contribution < -0.4 is 0 Å². The minimum atomic E-state index is -1.39. The standard InChI is InChI=1S/C15H14ClF5/c1-6-11(18)13(20)7(14(21)12(6)19)4-8-9(5-10(16)17)15(8,2)3/h5,8-9H,4H2,1-3H3. The first-order valence-electron chi connectivity index (χ1n) is 6.43. The lowest BCUT2D eigenvalue weighted by atomic mass is 10.00. The molecule has 0 nitrogen and oxygen atoms in total. The van der Waals surface area contributed by atoms with Crippen molar-refractivity contribution in [3.05, 3.63) is 45.8 Å². The maximum absolute atomic E-state index is 13.8. The number of hydrogen-bond donors (Lipinski definition) is 0. The molecule has 0 saturated heterocycles. The van der Waals surface area contributed by atoms with Crippen LogP contribution in [0.1, 0.15) is 25.0 Å². The minimum absolute atomic E-state index is 0.218. The third kappa shape index (κ3) is 2.68. The van der Waals surface area contributed by atoms with Gasteiger partial charge in [0.15, 0.2) is 28.6 Å². The van der Waals surface area contributed by atoms with Gasteiger partial charge in [-0.05, 0) is 36.7 Å². The number of hydrogen-bond acceptors (Lipinski definition) is 0. The van der Waals surface area contributed by atoms with Crippen molar-refractivity contribution < 1.29 is 22.0 Å². The van der Waals surface area contributed by atoms with Crippen LogP contribution in [0, 0.1) is 47.4 Å². The average molecular weight is 325 g/mol. The predicted molar refractivity (Wildman–Crippen MR) is 70.5 cm³/mol. The summed E-state index contributed by atoms with van der Waals surface area (Å²) in [5, 5.41) is -0.905. The first-order valence-corrected chi connectivity index (χ1v) is 6.81. The summed E-state index contributed by atoms with van der Waals surface area (Å²) in [6, 6.07) is 0. The van der Waals surface area contributed by atoms with Crippen LogP contribution in [0.5, 0.6) is 0 Å². The molecule has 1 aromatic carbocycles. The van der Waals surface area contributed by atoms with Crippen LogP contribution in [0.3, 0.4) is 0 Å². The Hall–Kier alpha value is -1.10. The van der Waals surface area contributed by atoms with E-state index in [1.54, 1.807) is 13.8 Å². The van der Waals surface area contributed by atoms with E-state index in [0.717, 1.165) is 13.0 Å². The molecular formula is C15H14ClF5. The number of benzene rings is 1. The van der Waals surface area contributed by atoms with Crippen molar-refractivity contribution in [2.45, 2.75) is 27.2 Å². The van der Waals surface area contributed by atoms with Gasteiger partial charge in [0.25, 0.3) is 0 Å². The fourth-order valence-corrected chi connectivity index (χ4v) is 2.96. The topological polar surface area (TPSA) is 0 Å².